The van der Waals surface area contributed by atoms with Crippen molar-refractivity contribution in [2.24, 2.45) is 8.80 Å². The molecule has 0 bridgehead atoms. The molecule has 0 spiro atoms. The lowest BCUT2D eigenvalue weighted by molar-refractivity contribution is 1.51. The van der Waals surface area contributed by atoms with Gasteiger partial charge in [-0.05, 0) is 21.4 Å². The maximum Gasteiger partial charge on any atom is 0.239 e. The Morgan fingerprint density at radius 2 is 1.93 bits per heavy atom. The van der Waals surface area contributed by atoms with Crippen LogP contribution in [0.2, 0.25) is 0 Å². The van der Waals surface area contributed by atoms with Crippen molar-refractivity contribution in [1.29, 1.82) is 5.26 Å². The maximum atomic E-state index is 8.86. The minimum Gasteiger partial charge on any atom is -0.234 e. The average Bonchev–Trinajstić information content (AvgIpc) is 2.56. The topological polar surface area (TPSA) is 52.9 Å². The fourth-order valence-corrected chi connectivity index (χ4v) is 2.95. The lowest BCUT2D eigenvalue weighted by Crippen LogP contribution is -1.88. The molecule has 1 aliphatic rings. The Balaban J connectivity index is 3.24. The van der Waals surface area contributed by atoms with E-state index in [1.807, 2.05) is 6.07 Å². The van der Waals surface area contributed by atoms with Gasteiger partial charge in [0.2, 0.25) is 5.70 Å². The molecule has 0 aliphatic carbocycles. The van der Waals surface area contributed by atoms with Gasteiger partial charge in [0.1, 0.15) is 10.1 Å². The van der Waals surface area contributed by atoms with Gasteiger partial charge in [-0.2, -0.15) is 9.66 Å². The molecule has 0 saturated carbocycles. The summed E-state index contributed by atoms with van der Waals surface area (Å²) in [5.41, 5.74) is 0.354. The van der Waals surface area contributed by atoms with Crippen LogP contribution in [0.3, 0.4) is 0 Å². The summed E-state index contributed by atoms with van der Waals surface area (Å²) in [7, 11) is 10.7. The summed E-state index contributed by atoms with van der Waals surface area (Å²) in [6.07, 6.45) is 0. The fourth-order valence-electron chi connectivity index (χ4n) is 0.792. The SMILES string of the molecule is [C-]#[N+]C1=C(C#N)C(=N\SCl)/S/C1=N/SCl. The normalized spacial score (nSPS) is 20.8. The Kier molecular flexibility index (Phi) is 5.37. The highest BCUT2D eigenvalue weighted by Crippen LogP contribution is 2.34. The number of nitrogens with zero attached hydrogens (tertiary/aromatic N) is 4. The molecule has 1 heterocycles. The molecule has 15 heavy (non-hydrogen) atoms. The van der Waals surface area contributed by atoms with Gasteiger partial charge in [-0.15, -0.1) is 0 Å². The summed E-state index contributed by atoms with van der Waals surface area (Å²) in [6, 6.07) is 1.90. The van der Waals surface area contributed by atoms with E-state index in [9.17, 15) is 0 Å². The first-order chi connectivity index (χ1) is 7.28. The van der Waals surface area contributed by atoms with Crippen LogP contribution in [0.4, 0.5) is 0 Å². The standard InChI is InChI=1S/C6Cl2N4S3/c1-10-4-3(2-9)5(11-14-7)13-6(4)12-15-8/b11-5+,12-6+. The van der Waals surface area contributed by atoms with E-state index >= 15 is 0 Å². The van der Waals surface area contributed by atoms with Crippen molar-refractivity contribution in [2.45, 2.75) is 0 Å². The second-order valence-electron chi connectivity index (χ2n) is 1.98. The molecule has 0 amide bonds. The van der Waals surface area contributed by atoms with Crippen molar-refractivity contribution in [2.75, 3.05) is 0 Å². The molecule has 0 unspecified atom stereocenters. The highest BCUT2D eigenvalue weighted by molar-refractivity contribution is 8.30. The molecule has 0 atom stereocenters. The molecule has 9 heteroatoms. The fraction of sp³-hybridized carbons (Fsp3) is 0. The molecule has 76 valence electrons. The van der Waals surface area contributed by atoms with Crippen LogP contribution in [0.25, 0.3) is 4.85 Å². The Morgan fingerprint density at radius 1 is 1.33 bits per heavy atom. The summed E-state index contributed by atoms with van der Waals surface area (Å²) in [4.78, 5) is 3.22. The van der Waals surface area contributed by atoms with Gasteiger partial charge in [0.25, 0.3) is 0 Å². The van der Waals surface area contributed by atoms with Gasteiger partial charge >= 0.3 is 0 Å². The zero-order chi connectivity index (χ0) is 11.3. The molecule has 0 radical (unpaired) electrons. The second-order valence-corrected chi connectivity index (χ2v) is 4.43. The van der Waals surface area contributed by atoms with Gasteiger partial charge in [0.15, 0.2) is 0 Å². The molecule has 0 aromatic rings. The minimum absolute atomic E-state index is 0.167. The van der Waals surface area contributed by atoms with Gasteiger partial charge in [0, 0.05) is 0 Å². The number of hydrogen-bond acceptors (Lipinski definition) is 6. The third-order valence-electron chi connectivity index (χ3n) is 1.31. The molecule has 0 N–H and O–H groups in total. The quantitative estimate of drug-likeness (QED) is 0.574. The van der Waals surface area contributed by atoms with Crippen LogP contribution >= 0.6 is 55.4 Å². The zero-order valence-corrected chi connectivity index (χ0v) is 10.7. The van der Waals surface area contributed by atoms with Crippen molar-refractivity contribution in [1.82, 2.24) is 0 Å². The van der Waals surface area contributed by atoms with Gasteiger partial charge in [-0.25, -0.2) is 9.24 Å². The molecule has 0 saturated heterocycles. The number of hydrogen-bond donors (Lipinski definition) is 0. The first-order valence-electron chi connectivity index (χ1n) is 3.20. The summed E-state index contributed by atoms with van der Waals surface area (Å²) in [5, 5.41) is 9.62. The molecule has 0 aromatic carbocycles. The second kappa shape index (κ2) is 6.31. The number of thioether (sulfide) groups is 1. The Morgan fingerprint density at radius 3 is 2.40 bits per heavy atom. The highest BCUT2D eigenvalue weighted by Gasteiger charge is 2.29. The van der Waals surface area contributed by atoms with E-state index in [0.29, 0.717) is 32.4 Å². The smallest absolute Gasteiger partial charge is 0.234 e. The Labute approximate surface area is 108 Å². The summed E-state index contributed by atoms with van der Waals surface area (Å²) in [5.74, 6) is 0. The van der Waals surface area contributed by atoms with Crippen LogP contribution in [0.1, 0.15) is 0 Å². The van der Waals surface area contributed by atoms with E-state index in [0.717, 1.165) is 11.8 Å². The van der Waals surface area contributed by atoms with Crippen molar-refractivity contribution in [3.63, 3.8) is 0 Å². The van der Waals surface area contributed by atoms with Crippen LogP contribution < -0.4 is 0 Å². The average molecular weight is 295 g/mol. The monoisotopic (exact) mass is 294 g/mol. The number of nitriles is 1. The van der Waals surface area contributed by atoms with Crippen molar-refractivity contribution >= 4 is 65.5 Å². The first-order valence-corrected chi connectivity index (χ1v) is 7.22. The van der Waals surface area contributed by atoms with Gasteiger partial charge < -0.3 is 0 Å². The van der Waals surface area contributed by atoms with Gasteiger partial charge in [-0.3, -0.25) is 0 Å². The number of rotatable bonds is 2. The molecular weight excluding hydrogens is 295 g/mol. The van der Waals surface area contributed by atoms with E-state index in [2.05, 4.69) is 13.6 Å². The molecule has 0 fully saturated rings. The van der Waals surface area contributed by atoms with Crippen LogP contribution in [0.15, 0.2) is 20.1 Å². The lowest BCUT2D eigenvalue weighted by atomic mass is 10.2. The summed E-state index contributed by atoms with van der Waals surface area (Å²) in [6.45, 7) is 6.94. The molecular formula is C6Cl2N4S3. The number of halogens is 2. The van der Waals surface area contributed by atoms with E-state index < -0.39 is 0 Å². The van der Waals surface area contributed by atoms with Crippen molar-refractivity contribution in [3.05, 3.63) is 22.7 Å². The molecule has 0 aromatic heterocycles. The third kappa shape index (κ3) is 2.83. The van der Waals surface area contributed by atoms with Crippen LogP contribution in [-0.2, 0) is 0 Å². The Hall–Kier alpha value is -0.310. The largest absolute Gasteiger partial charge is 0.239 e. The van der Waals surface area contributed by atoms with Gasteiger partial charge in [0.05, 0.1) is 40.5 Å². The summed E-state index contributed by atoms with van der Waals surface area (Å²) < 4.78 is 7.62. The van der Waals surface area contributed by atoms with E-state index in [4.69, 9.17) is 33.2 Å². The van der Waals surface area contributed by atoms with E-state index in [1.54, 1.807) is 0 Å². The predicted molar refractivity (Wildman–Crippen MR) is 68.6 cm³/mol. The van der Waals surface area contributed by atoms with Crippen LogP contribution in [-0.4, -0.2) is 10.1 Å². The van der Waals surface area contributed by atoms with Crippen molar-refractivity contribution < 1.29 is 0 Å². The third-order valence-corrected chi connectivity index (χ3v) is 3.42. The molecule has 4 nitrogen and oxygen atoms in total. The van der Waals surface area contributed by atoms with E-state index in [-0.39, 0.29) is 11.3 Å². The summed E-state index contributed by atoms with van der Waals surface area (Å²) >= 11 is 2.52. The zero-order valence-electron chi connectivity index (χ0n) is 6.77. The predicted octanol–water partition coefficient (Wildman–Crippen LogP) is 3.83. The van der Waals surface area contributed by atoms with E-state index in [1.165, 1.54) is 0 Å². The minimum atomic E-state index is 0.167. The maximum absolute atomic E-state index is 8.86. The van der Waals surface area contributed by atoms with Crippen LogP contribution in [0.5, 0.6) is 0 Å². The van der Waals surface area contributed by atoms with Gasteiger partial charge in [-0.1, -0.05) is 11.8 Å². The molecule has 1 rings (SSSR count). The first kappa shape index (κ1) is 12.8. The van der Waals surface area contributed by atoms with Crippen LogP contribution in [0, 0.1) is 17.9 Å². The van der Waals surface area contributed by atoms with Crippen molar-refractivity contribution in [3.8, 4) is 6.07 Å². The lowest BCUT2D eigenvalue weighted by Gasteiger charge is -1.91. The molecule has 1 aliphatic heterocycles. The highest BCUT2D eigenvalue weighted by atomic mass is 35.7. The Bertz CT molecular complexity index is 402.